The van der Waals surface area contributed by atoms with Gasteiger partial charge in [0.15, 0.2) is 0 Å². The van der Waals surface area contributed by atoms with Crippen LogP contribution in [-0.4, -0.2) is 104 Å². The Hall–Kier alpha value is -3.44. The summed E-state index contributed by atoms with van der Waals surface area (Å²) in [5.74, 6) is -2.74. The maximum Gasteiger partial charge on any atom is 3.00 e. The second-order valence-electron chi connectivity index (χ2n) is 10.9. The topological polar surface area (TPSA) is 232 Å². The van der Waals surface area contributed by atoms with E-state index in [9.17, 15) is 10.2 Å². The van der Waals surface area contributed by atoms with Gasteiger partial charge in [0.05, 0.1) is 0 Å². The number of nitrogens with zero attached hydrogens (tertiary/aromatic N) is 2. The minimum atomic E-state index is -2.56. The van der Waals surface area contributed by atoms with Crippen molar-refractivity contribution in [2.45, 2.75) is 86.9 Å². The van der Waals surface area contributed by atoms with E-state index in [-0.39, 0.29) is 28.9 Å². The van der Waals surface area contributed by atoms with E-state index >= 15 is 0 Å². The molecule has 0 fully saturated rings. The van der Waals surface area contributed by atoms with Crippen LogP contribution in [-0.2, 0) is 53.9 Å². The van der Waals surface area contributed by atoms with Crippen molar-refractivity contribution in [1.29, 1.82) is 0 Å². The molecule has 2 aromatic carbocycles. The van der Waals surface area contributed by atoms with Crippen molar-refractivity contribution in [3.05, 3.63) is 59.7 Å². The Morgan fingerprint density at radius 3 is 1.18 bits per heavy atom. The molecule has 0 amide bonds. The van der Waals surface area contributed by atoms with Crippen molar-refractivity contribution in [1.82, 2.24) is 0 Å². The summed E-state index contributed by atoms with van der Waals surface area (Å²) in [5.41, 5.74) is 1.48. The number of carbonyl (C=O) groups excluding carboxylic acids is 3. The van der Waals surface area contributed by atoms with E-state index in [2.05, 4.69) is 16.5 Å². The molecule has 0 spiro atoms. The number of aliphatic imine (C=N–C) groups is 2. The van der Waals surface area contributed by atoms with Crippen molar-refractivity contribution < 1.29 is 79.4 Å². The molecule has 0 atom stereocenters. The zero-order chi connectivity index (χ0) is 41.8. The van der Waals surface area contributed by atoms with Gasteiger partial charge in [-0.05, 0) is 105 Å². The summed E-state index contributed by atoms with van der Waals surface area (Å²) in [7, 11) is -4.57. The number of benzene rings is 2. The van der Waals surface area contributed by atoms with Crippen molar-refractivity contribution >= 4 is 47.7 Å². The minimum Gasteiger partial charge on any atom is -0.550 e. The van der Waals surface area contributed by atoms with Crippen LogP contribution in [0.25, 0.3) is 0 Å². The molecule has 0 aliphatic rings. The van der Waals surface area contributed by atoms with E-state index in [1.54, 1.807) is 36.7 Å². The second-order valence-corrected chi connectivity index (χ2v) is 16.9. The molecule has 15 nitrogen and oxygen atoms in total. The molecule has 0 aliphatic carbocycles. The van der Waals surface area contributed by atoms with Crippen molar-refractivity contribution in [3.8, 4) is 11.5 Å². The fourth-order valence-electron chi connectivity index (χ4n) is 4.20. The van der Waals surface area contributed by atoms with Crippen LogP contribution in [0, 0.1) is 0 Å². The van der Waals surface area contributed by atoms with E-state index in [0.29, 0.717) is 39.6 Å². The first kappa shape index (κ1) is 58.3. The van der Waals surface area contributed by atoms with Gasteiger partial charge in [0, 0.05) is 93.6 Å². The van der Waals surface area contributed by atoms with Crippen LogP contribution < -0.4 is 15.3 Å². The molecule has 0 unspecified atom stereocenters. The summed E-state index contributed by atoms with van der Waals surface area (Å²) in [6.07, 6.45) is 5.18. The third-order valence-corrected chi connectivity index (χ3v) is 12.2. The van der Waals surface area contributed by atoms with E-state index in [1.807, 2.05) is 58.9 Å². The second kappa shape index (κ2) is 37.5. The molecule has 2 rings (SSSR count). The number of aliphatic carboxylic acids is 3. The molecule has 18 heteroatoms. The standard InChI is InChI=1S/C16H27NO4Si.C15H25NO3Si.3C2H4O2.Cr/c1-4-19-22(20-5-2,21-6-3)13-9-12-17-14-15-10-7-8-11-16(15)18;1-4-18-20(3,19-5-2)12-8-11-16-13-14-9-6-7-10-15(14)17;3*1-2(3)4;/h7-8,10-11,14,18H,4-6,9,12-13H2,1-3H3;6-7,9-10,13,17H,4-5,8,11-12H2,1-3H3;3*1H3,(H,3,4);/q;;;;;+3/p-3. The molecule has 1 radical (unpaired) electrons. The Morgan fingerprint density at radius 2 is 0.891 bits per heavy atom. The van der Waals surface area contributed by atoms with Crippen molar-refractivity contribution in [3.63, 3.8) is 0 Å². The van der Waals surface area contributed by atoms with E-state index in [0.717, 1.165) is 63.4 Å². The molecule has 311 valence electrons. The molecule has 0 heterocycles. The van der Waals surface area contributed by atoms with Gasteiger partial charge in [-0.2, -0.15) is 0 Å². The van der Waals surface area contributed by atoms with Gasteiger partial charge in [0.1, 0.15) is 11.5 Å². The molecule has 0 saturated carbocycles. The maximum atomic E-state index is 9.66. The Kier molecular flexibility index (Phi) is 39.7. The number of rotatable bonds is 20. The predicted octanol–water partition coefficient (Wildman–Crippen LogP) is 2.86. The molecule has 0 aromatic heterocycles. The van der Waals surface area contributed by atoms with Gasteiger partial charge in [-0.25, -0.2) is 0 Å². The number of phenolic OH excluding ortho intramolecular Hbond substituents is 2. The van der Waals surface area contributed by atoms with Crippen LogP contribution in [0.15, 0.2) is 58.5 Å². The summed E-state index contributed by atoms with van der Waals surface area (Å²) in [5, 5.41) is 45.9. The average molecular weight is 850 g/mol. The molecule has 2 aromatic rings. The Morgan fingerprint density at radius 1 is 0.600 bits per heavy atom. The molecule has 55 heavy (non-hydrogen) atoms. The number of carboxylic acid groups (broad SMARTS) is 3. The maximum absolute atomic E-state index is 9.66. The summed E-state index contributed by atoms with van der Waals surface area (Å²) >= 11 is 0. The van der Waals surface area contributed by atoms with Gasteiger partial charge in [-0.3, -0.25) is 9.98 Å². The van der Waals surface area contributed by atoms with Crippen molar-refractivity contribution in [2.24, 2.45) is 9.98 Å². The molecule has 0 saturated heterocycles. The zero-order valence-electron chi connectivity index (χ0n) is 33.7. The Labute approximate surface area is 340 Å². The van der Waals surface area contributed by atoms with E-state index < -0.39 is 35.3 Å². The summed E-state index contributed by atoms with van der Waals surface area (Å²) < 4.78 is 28.9. The number of carboxylic acids is 3. The molecular formula is C37H61CrN2O13Si2. The first-order valence-electron chi connectivity index (χ1n) is 17.8. The van der Waals surface area contributed by atoms with Crippen LogP contribution in [0.4, 0.5) is 0 Å². The van der Waals surface area contributed by atoms with Crippen LogP contribution >= 0.6 is 0 Å². The van der Waals surface area contributed by atoms with Crippen LogP contribution in [0.1, 0.15) is 79.4 Å². The quantitative estimate of drug-likeness (QED) is 0.111. The summed E-state index contributed by atoms with van der Waals surface area (Å²) in [6, 6.07) is 16.0. The summed E-state index contributed by atoms with van der Waals surface area (Å²) in [4.78, 5) is 35.4. The largest absolute Gasteiger partial charge is 3.00 e. The normalized spacial score (nSPS) is 10.6. The number of hydrogen-bond donors (Lipinski definition) is 2. The third-order valence-electron chi connectivity index (χ3n) is 6.01. The van der Waals surface area contributed by atoms with Gasteiger partial charge in [-0.15, -0.1) is 0 Å². The van der Waals surface area contributed by atoms with Crippen LogP contribution in [0.3, 0.4) is 0 Å². The van der Waals surface area contributed by atoms with Gasteiger partial charge < -0.3 is 62.0 Å². The van der Waals surface area contributed by atoms with Crippen molar-refractivity contribution in [2.75, 3.05) is 46.1 Å². The molecular weight excluding hydrogens is 789 g/mol. The first-order valence-corrected chi connectivity index (χ1v) is 22.2. The van der Waals surface area contributed by atoms with Crippen LogP contribution in [0.5, 0.6) is 11.5 Å². The molecule has 0 bridgehead atoms. The fraction of sp³-hybridized carbons (Fsp3) is 0.541. The van der Waals surface area contributed by atoms with E-state index in [1.165, 1.54) is 0 Å². The number of hydrogen-bond acceptors (Lipinski definition) is 15. The number of carbonyl (C=O) groups is 3. The minimum absolute atomic E-state index is 0. The molecule has 2 N–H and O–H groups in total. The third kappa shape index (κ3) is 37.3. The zero-order valence-corrected chi connectivity index (χ0v) is 37.0. The van der Waals surface area contributed by atoms with Gasteiger partial charge in [-0.1, -0.05) is 24.3 Å². The van der Waals surface area contributed by atoms with Gasteiger partial charge in [0.2, 0.25) is 0 Å². The Bertz CT molecular complexity index is 1270. The monoisotopic (exact) mass is 849 g/mol. The first-order chi connectivity index (χ1) is 25.5. The van der Waals surface area contributed by atoms with Gasteiger partial charge >= 0.3 is 34.7 Å². The molecule has 0 aliphatic heterocycles. The smallest absolute Gasteiger partial charge is 0.550 e. The Balaban J connectivity index is -0.000000361. The predicted molar refractivity (Wildman–Crippen MR) is 208 cm³/mol. The number of aromatic hydroxyl groups is 2. The average Bonchev–Trinajstić information content (AvgIpc) is 3.06. The fourth-order valence-corrected chi connectivity index (χ4v) is 9.18. The van der Waals surface area contributed by atoms with Crippen LogP contribution in [0.2, 0.25) is 18.6 Å². The SMILES string of the molecule is CC(=O)[O-].CC(=O)[O-].CC(=O)[O-].CCO[Si](C)(CCCN=Cc1ccccc1O)OCC.CCO[Si](CCCN=Cc1ccccc1O)(OCC)OCC.[Cr+3]. The van der Waals surface area contributed by atoms with Gasteiger partial charge in [0.25, 0.3) is 0 Å². The number of para-hydroxylation sites is 2. The van der Waals surface area contributed by atoms with E-state index in [4.69, 9.17) is 51.8 Å². The number of phenols is 2. The summed E-state index contributed by atoms with van der Waals surface area (Å²) in [6.45, 7) is 19.4.